The summed E-state index contributed by atoms with van der Waals surface area (Å²) in [6, 6.07) is 0. The van der Waals surface area contributed by atoms with Gasteiger partial charge in [-0.3, -0.25) is 0 Å². The smallest absolute Gasteiger partial charge is 0.0391 e. The summed E-state index contributed by atoms with van der Waals surface area (Å²) in [5.41, 5.74) is 0. The maximum absolute atomic E-state index is 4.02. The van der Waals surface area contributed by atoms with Gasteiger partial charge in [0.15, 0.2) is 0 Å². The van der Waals surface area contributed by atoms with E-state index in [1.54, 1.807) is 0 Å². The second kappa shape index (κ2) is 10.5. The molecule has 0 spiro atoms. The molecule has 0 heteroatoms. The number of hydrogen-bond acceptors (Lipinski definition) is 0. The summed E-state index contributed by atoms with van der Waals surface area (Å²) >= 11 is 0. The van der Waals surface area contributed by atoms with Crippen molar-refractivity contribution in [2.75, 3.05) is 0 Å². The first-order chi connectivity index (χ1) is 7.26. The lowest BCUT2D eigenvalue weighted by atomic mass is 9.85. The van der Waals surface area contributed by atoms with Gasteiger partial charge in [-0.15, -0.1) is 0 Å². The topological polar surface area (TPSA) is 0 Å². The monoisotopic (exact) mass is 211 g/mol. The minimum atomic E-state index is 0.825. The van der Waals surface area contributed by atoms with Gasteiger partial charge in [-0.1, -0.05) is 85.5 Å². The number of hydrogen-bond donors (Lipinski definition) is 0. The van der Waals surface area contributed by atoms with Crippen molar-refractivity contribution in [2.45, 2.75) is 78.6 Å². The molecule has 2 unspecified atom stereocenters. The summed E-state index contributed by atoms with van der Waals surface area (Å²) in [5.74, 6) is 1.75. The molecule has 15 heavy (non-hydrogen) atoms. The second-order valence-corrected chi connectivity index (χ2v) is 4.99. The predicted molar refractivity (Wildman–Crippen MR) is 70.9 cm³/mol. The standard InChI is InChI=1S/C15H31/c1-5-8-9-10-11-12-13-15(7-3)14(4)6-2/h14-15H,2,5-13H2,1,3-4H3. The van der Waals surface area contributed by atoms with Gasteiger partial charge in [0.2, 0.25) is 0 Å². The molecule has 0 fully saturated rings. The summed E-state index contributed by atoms with van der Waals surface area (Å²) in [5, 5.41) is 0. The lowest BCUT2D eigenvalue weighted by Gasteiger charge is -2.21. The van der Waals surface area contributed by atoms with E-state index >= 15 is 0 Å². The molecule has 0 aromatic heterocycles. The molecule has 0 amide bonds. The molecule has 0 aliphatic heterocycles. The zero-order valence-electron chi connectivity index (χ0n) is 11.2. The van der Waals surface area contributed by atoms with Gasteiger partial charge in [-0.25, -0.2) is 0 Å². The van der Waals surface area contributed by atoms with Crippen molar-refractivity contribution in [3.8, 4) is 0 Å². The average molecular weight is 211 g/mol. The Balaban J connectivity index is 3.38. The van der Waals surface area contributed by atoms with Gasteiger partial charge in [-0.2, -0.15) is 0 Å². The quantitative estimate of drug-likeness (QED) is 0.411. The Kier molecular flexibility index (Phi) is 10.5. The van der Waals surface area contributed by atoms with Gasteiger partial charge in [0, 0.05) is 0 Å². The molecular weight excluding hydrogens is 180 g/mol. The van der Waals surface area contributed by atoms with E-state index in [1.165, 1.54) is 51.4 Å². The van der Waals surface area contributed by atoms with Crippen LogP contribution in [0.15, 0.2) is 0 Å². The van der Waals surface area contributed by atoms with Crippen molar-refractivity contribution < 1.29 is 0 Å². The minimum Gasteiger partial charge on any atom is -0.0654 e. The van der Waals surface area contributed by atoms with E-state index in [1.807, 2.05) is 0 Å². The van der Waals surface area contributed by atoms with Crippen LogP contribution in [0.1, 0.15) is 78.6 Å². The Morgan fingerprint density at radius 1 is 0.933 bits per heavy atom. The van der Waals surface area contributed by atoms with Crippen LogP contribution < -0.4 is 0 Å². The highest BCUT2D eigenvalue weighted by atomic mass is 14.2. The fourth-order valence-corrected chi connectivity index (χ4v) is 2.31. The zero-order chi connectivity index (χ0) is 11.5. The molecule has 91 valence electrons. The third kappa shape index (κ3) is 7.88. The van der Waals surface area contributed by atoms with E-state index in [4.69, 9.17) is 0 Å². The first kappa shape index (κ1) is 15.0. The Morgan fingerprint density at radius 2 is 1.53 bits per heavy atom. The maximum atomic E-state index is 4.02. The van der Waals surface area contributed by atoms with E-state index < -0.39 is 0 Å². The van der Waals surface area contributed by atoms with E-state index in [9.17, 15) is 0 Å². The molecule has 0 nitrogen and oxygen atoms in total. The molecule has 1 radical (unpaired) electrons. The molecule has 0 aromatic rings. The highest BCUT2D eigenvalue weighted by molar-refractivity contribution is 4.66. The van der Waals surface area contributed by atoms with Gasteiger partial charge < -0.3 is 0 Å². The van der Waals surface area contributed by atoms with Crippen LogP contribution in [0.4, 0.5) is 0 Å². The van der Waals surface area contributed by atoms with Crippen LogP contribution in [0.25, 0.3) is 0 Å². The molecule has 0 saturated heterocycles. The van der Waals surface area contributed by atoms with Gasteiger partial charge in [0.25, 0.3) is 0 Å². The van der Waals surface area contributed by atoms with Crippen molar-refractivity contribution in [1.29, 1.82) is 0 Å². The molecule has 0 saturated carbocycles. The van der Waals surface area contributed by atoms with Crippen molar-refractivity contribution in [1.82, 2.24) is 0 Å². The van der Waals surface area contributed by atoms with Crippen LogP contribution in [0.5, 0.6) is 0 Å². The van der Waals surface area contributed by atoms with Gasteiger partial charge in [0.1, 0.15) is 0 Å². The predicted octanol–water partition coefficient (Wildman–Crippen LogP) is 5.62. The third-order valence-corrected chi connectivity index (χ3v) is 3.71. The highest BCUT2D eigenvalue weighted by Gasteiger charge is 2.12. The van der Waals surface area contributed by atoms with Crippen LogP contribution >= 0.6 is 0 Å². The fourth-order valence-electron chi connectivity index (χ4n) is 2.31. The largest absolute Gasteiger partial charge is 0.0654 e. The first-order valence-electron chi connectivity index (χ1n) is 7.05. The Hall–Kier alpha value is 0. The fraction of sp³-hybridized carbons (Fsp3) is 0.933. The number of unbranched alkanes of at least 4 members (excludes halogenated alkanes) is 5. The van der Waals surface area contributed by atoms with Gasteiger partial charge in [0.05, 0.1) is 0 Å². The lowest BCUT2D eigenvalue weighted by molar-refractivity contribution is 0.315. The minimum absolute atomic E-state index is 0.825. The molecule has 0 aliphatic rings. The number of rotatable bonds is 10. The first-order valence-corrected chi connectivity index (χ1v) is 7.05. The Bertz CT molecular complexity index is 117. The molecule has 2 atom stereocenters. The molecule has 0 rings (SSSR count). The molecule has 0 aromatic carbocycles. The summed E-state index contributed by atoms with van der Waals surface area (Å²) in [4.78, 5) is 0. The third-order valence-electron chi connectivity index (χ3n) is 3.71. The van der Waals surface area contributed by atoms with Crippen molar-refractivity contribution in [3.63, 3.8) is 0 Å². The summed E-state index contributed by atoms with van der Waals surface area (Å²) in [7, 11) is 0. The highest BCUT2D eigenvalue weighted by Crippen LogP contribution is 2.24. The van der Waals surface area contributed by atoms with Crippen LogP contribution in [-0.2, 0) is 0 Å². The van der Waals surface area contributed by atoms with Crippen molar-refractivity contribution in [2.24, 2.45) is 11.8 Å². The normalized spacial score (nSPS) is 15.2. The zero-order valence-corrected chi connectivity index (χ0v) is 11.2. The van der Waals surface area contributed by atoms with E-state index in [-0.39, 0.29) is 0 Å². The SMILES string of the molecule is [CH2]CC(C)C(CC)CCCCCCCC. The molecule has 0 N–H and O–H groups in total. The van der Waals surface area contributed by atoms with Crippen molar-refractivity contribution >= 4 is 0 Å². The van der Waals surface area contributed by atoms with Crippen LogP contribution in [0, 0.1) is 18.8 Å². The van der Waals surface area contributed by atoms with Crippen LogP contribution in [0.2, 0.25) is 0 Å². The maximum Gasteiger partial charge on any atom is -0.0391 e. The van der Waals surface area contributed by atoms with E-state index in [2.05, 4.69) is 27.7 Å². The lowest BCUT2D eigenvalue weighted by Crippen LogP contribution is -2.09. The Labute approximate surface area is 97.8 Å². The molecule has 0 bridgehead atoms. The summed E-state index contributed by atoms with van der Waals surface area (Å²) in [6.07, 6.45) is 12.4. The summed E-state index contributed by atoms with van der Waals surface area (Å²) < 4.78 is 0. The van der Waals surface area contributed by atoms with E-state index in [0.717, 1.165) is 18.3 Å². The van der Waals surface area contributed by atoms with E-state index in [0.29, 0.717) is 0 Å². The molecule has 0 aliphatic carbocycles. The van der Waals surface area contributed by atoms with Crippen LogP contribution in [0.3, 0.4) is 0 Å². The van der Waals surface area contributed by atoms with Crippen LogP contribution in [-0.4, -0.2) is 0 Å². The Morgan fingerprint density at radius 3 is 2.07 bits per heavy atom. The van der Waals surface area contributed by atoms with Crippen molar-refractivity contribution in [3.05, 3.63) is 6.92 Å². The van der Waals surface area contributed by atoms with Gasteiger partial charge >= 0.3 is 0 Å². The second-order valence-electron chi connectivity index (χ2n) is 4.99. The average Bonchev–Trinajstić information content (AvgIpc) is 2.27. The summed E-state index contributed by atoms with van der Waals surface area (Å²) in [6.45, 7) is 11.0. The van der Waals surface area contributed by atoms with Gasteiger partial charge in [-0.05, 0) is 11.8 Å². The molecular formula is C15H31. The molecule has 0 heterocycles.